The molecule has 0 aliphatic heterocycles. The quantitative estimate of drug-likeness (QED) is 0.536. The lowest BCUT2D eigenvalue weighted by atomic mass is 10.1. The third kappa shape index (κ3) is 5.29. The van der Waals surface area contributed by atoms with Gasteiger partial charge in [0.25, 0.3) is 5.91 Å². The van der Waals surface area contributed by atoms with Crippen molar-refractivity contribution in [2.75, 3.05) is 27.9 Å². The van der Waals surface area contributed by atoms with Crippen molar-refractivity contribution in [3.63, 3.8) is 0 Å². The molecule has 0 spiro atoms. The fourth-order valence-corrected chi connectivity index (χ4v) is 2.63. The second-order valence-electron chi connectivity index (χ2n) is 5.91. The molecule has 2 rings (SSSR count). The van der Waals surface area contributed by atoms with Crippen LogP contribution in [0.15, 0.2) is 29.4 Å². The SMILES string of the molecule is COc1cc(/C=N/NC(=O)COc2cc(C)c(Cl)c(C)c2)cc(OC)c1OC. The molecule has 0 bridgehead atoms. The zero-order chi connectivity index (χ0) is 20.7. The molecule has 0 saturated heterocycles. The van der Waals surface area contributed by atoms with Crippen molar-refractivity contribution in [1.29, 1.82) is 0 Å². The number of hydrazone groups is 1. The molecule has 7 nitrogen and oxygen atoms in total. The maximum Gasteiger partial charge on any atom is 0.277 e. The van der Waals surface area contributed by atoms with Gasteiger partial charge in [-0.05, 0) is 49.2 Å². The summed E-state index contributed by atoms with van der Waals surface area (Å²) in [6.07, 6.45) is 1.47. The maximum absolute atomic E-state index is 11.9. The first-order chi connectivity index (χ1) is 13.4. The highest BCUT2D eigenvalue weighted by Crippen LogP contribution is 2.37. The zero-order valence-electron chi connectivity index (χ0n) is 16.5. The Labute approximate surface area is 169 Å². The number of nitrogens with one attached hydrogen (secondary N) is 1. The standard InChI is InChI=1S/C20H23ClN2O5/c1-12-6-15(7-13(2)19(12)21)28-11-18(24)23-22-10-14-8-16(25-3)20(27-5)17(9-14)26-4/h6-10H,11H2,1-5H3,(H,23,24)/b22-10+. The van der Waals surface area contributed by atoms with Crippen molar-refractivity contribution >= 4 is 23.7 Å². The predicted octanol–water partition coefficient (Wildman–Crippen LogP) is 3.51. The number of hydrogen-bond donors (Lipinski definition) is 1. The van der Waals surface area contributed by atoms with Gasteiger partial charge in [0.2, 0.25) is 5.75 Å². The molecule has 0 saturated carbocycles. The van der Waals surface area contributed by atoms with E-state index in [0.717, 1.165) is 11.1 Å². The van der Waals surface area contributed by atoms with Crippen LogP contribution in [0, 0.1) is 13.8 Å². The van der Waals surface area contributed by atoms with E-state index in [0.29, 0.717) is 33.6 Å². The van der Waals surface area contributed by atoms with Gasteiger partial charge in [0.05, 0.1) is 27.5 Å². The highest BCUT2D eigenvalue weighted by atomic mass is 35.5. The Morgan fingerprint density at radius 2 is 1.61 bits per heavy atom. The molecule has 0 atom stereocenters. The molecule has 150 valence electrons. The lowest BCUT2D eigenvalue weighted by Gasteiger charge is -2.12. The minimum Gasteiger partial charge on any atom is -0.493 e. The molecule has 0 unspecified atom stereocenters. The summed E-state index contributed by atoms with van der Waals surface area (Å²) in [4.78, 5) is 11.9. The lowest BCUT2D eigenvalue weighted by molar-refractivity contribution is -0.123. The molecule has 0 heterocycles. The van der Waals surface area contributed by atoms with Gasteiger partial charge in [-0.25, -0.2) is 5.43 Å². The van der Waals surface area contributed by atoms with Crippen LogP contribution in [0.2, 0.25) is 5.02 Å². The lowest BCUT2D eigenvalue weighted by Crippen LogP contribution is -2.24. The van der Waals surface area contributed by atoms with Crippen molar-refractivity contribution in [3.8, 4) is 23.0 Å². The third-order valence-corrected chi connectivity index (χ3v) is 4.47. The van der Waals surface area contributed by atoms with Crippen LogP contribution in [-0.4, -0.2) is 40.1 Å². The molecule has 1 amide bonds. The Morgan fingerprint density at radius 3 is 2.11 bits per heavy atom. The first-order valence-corrected chi connectivity index (χ1v) is 8.78. The number of carbonyl (C=O) groups is 1. The fourth-order valence-electron chi connectivity index (χ4n) is 2.53. The number of aryl methyl sites for hydroxylation is 2. The summed E-state index contributed by atoms with van der Waals surface area (Å²) in [6.45, 7) is 3.58. The topological polar surface area (TPSA) is 78.4 Å². The van der Waals surface area contributed by atoms with Gasteiger partial charge in [0.15, 0.2) is 18.1 Å². The van der Waals surface area contributed by atoms with E-state index in [9.17, 15) is 4.79 Å². The average molecular weight is 407 g/mol. The Kier molecular flexibility index (Phi) is 7.52. The van der Waals surface area contributed by atoms with Crippen molar-refractivity contribution < 1.29 is 23.7 Å². The second-order valence-corrected chi connectivity index (χ2v) is 6.29. The van der Waals surface area contributed by atoms with E-state index in [1.807, 2.05) is 13.8 Å². The van der Waals surface area contributed by atoms with Gasteiger partial charge in [-0.15, -0.1) is 0 Å². The number of hydrogen-bond acceptors (Lipinski definition) is 6. The number of carbonyl (C=O) groups excluding carboxylic acids is 1. The zero-order valence-corrected chi connectivity index (χ0v) is 17.2. The predicted molar refractivity (Wildman–Crippen MR) is 108 cm³/mol. The number of amides is 1. The molecule has 2 aromatic carbocycles. The van der Waals surface area contributed by atoms with E-state index in [1.165, 1.54) is 27.5 Å². The fraction of sp³-hybridized carbons (Fsp3) is 0.300. The molecule has 0 fully saturated rings. The highest BCUT2D eigenvalue weighted by Gasteiger charge is 2.12. The van der Waals surface area contributed by atoms with E-state index in [2.05, 4.69) is 10.5 Å². The molecule has 0 radical (unpaired) electrons. The first-order valence-electron chi connectivity index (χ1n) is 8.41. The first kappa shape index (κ1) is 21.4. The van der Waals surface area contributed by atoms with Crippen molar-refractivity contribution in [3.05, 3.63) is 46.0 Å². The molecule has 28 heavy (non-hydrogen) atoms. The van der Waals surface area contributed by atoms with Crippen LogP contribution in [-0.2, 0) is 4.79 Å². The van der Waals surface area contributed by atoms with Gasteiger partial charge in [-0.1, -0.05) is 11.6 Å². The normalized spacial score (nSPS) is 10.6. The summed E-state index contributed by atoms with van der Waals surface area (Å²) < 4.78 is 21.3. The summed E-state index contributed by atoms with van der Waals surface area (Å²) >= 11 is 6.12. The molecule has 0 aromatic heterocycles. The molecule has 1 N–H and O–H groups in total. The minimum atomic E-state index is -0.394. The van der Waals surface area contributed by atoms with Crippen LogP contribution >= 0.6 is 11.6 Å². The van der Waals surface area contributed by atoms with E-state index < -0.39 is 5.91 Å². The summed E-state index contributed by atoms with van der Waals surface area (Å²) in [7, 11) is 4.58. The number of rotatable bonds is 8. The smallest absolute Gasteiger partial charge is 0.277 e. The maximum atomic E-state index is 11.9. The Hall–Kier alpha value is -2.93. The summed E-state index contributed by atoms with van der Waals surface area (Å²) in [5.41, 5.74) is 4.85. The van der Waals surface area contributed by atoms with E-state index >= 15 is 0 Å². The molecule has 0 aliphatic rings. The number of methoxy groups -OCH3 is 3. The minimum absolute atomic E-state index is 0.174. The van der Waals surface area contributed by atoms with Crippen LogP contribution in [0.3, 0.4) is 0 Å². The van der Waals surface area contributed by atoms with Gasteiger partial charge in [-0.2, -0.15) is 5.10 Å². The number of halogens is 1. The molecular weight excluding hydrogens is 384 g/mol. The van der Waals surface area contributed by atoms with E-state index in [-0.39, 0.29) is 6.61 Å². The number of benzene rings is 2. The Morgan fingerprint density at radius 1 is 1.04 bits per heavy atom. The number of nitrogens with zero attached hydrogens (tertiary/aromatic N) is 1. The molecule has 2 aromatic rings. The summed E-state index contributed by atoms with van der Waals surface area (Å²) in [5.74, 6) is 1.64. The summed E-state index contributed by atoms with van der Waals surface area (Å²) in [5, 5.41) is 4.62. The Balaban J connectivity index is 1.98. The largest absolute Gasteiger partial charge is 0.493 e. The van der Waals surface area contributed by atoms with Crippen molar-refractivity contribution in [2.45, 2.75) is 13.8 Å². The van der Waals surface area contributed by atoms with E-state index in [1.54, 1.807) is 24.3 Å². The number of ether oxygens (including phenoxy) is 4. The van der Waals surface area contributed by atoms with Gasteiger partial charge in [0, 0.05) is 10.6 Å². The Bertz CT molecular complexity index is 835. The molecule has 0 aliphatic carbocycles. The van der Waals surface area contributed by atoms with Crippen LogP contribution in [0.25, 0.3) is 0 Å². The van der Waals surface area contributed by atoms with Crippen molar-refractivity contribution in [1.82, 2.24) is 5.43 Å². The average Bonchev–Trinajstić information content (AvgIpc) is 2.69. The van der Waals surface area contributed by atoms with Gasteiger partial charge in [-0.3, -0.25) is 4.79 Å². The molecular formula is C20H23ClN2O5. The van der Waals surface area contributed by atoms with Crippen LogP contribution in [0.4, 0.5) is 0 Å². The van der Waals surface area contributed by atoms with Crippen LogP contribution < -0.4 is 24.4 Å². The molecule has 8 heteroatoms. The van der Waals surface area contributed by atoms with Crippen molar-refractivity contribution in [2.24, 2.45) is 5.10 Å². The van der Waals surface area contributed by atoms with Crippen LogP contribution in [0.5, 0.6) is 23.0 Å². The third-order valence-electron chi connectivity index (χ3n) is 3.87. The second kappa shape index (κ2) is 9.85. The summed E-state index contributed by atoms with van der Waals surface area (Å²) in [6, 6.07) is 6.99. The monoisotopic (exact) mass is 406 g/mol. The van der Waals surface area contributed by atoms with Gasteiger partial charge in [0.1, 0.15) is 5.75 Å². The van der Waals surface area contributed by atoms with Gasteiger partial charge < -0.3 is 18.9 Å². The van der Waals surface area contributed by atoms with Crippen LogP contribution in [0.1, 0.15) is 16.7 Å². The van der Waals surface area contributed by atoms with E-state index in [4.69, 9.17) is 30.5 Å². The highest BCUT2D eigenvalue weighted by molar-refractivity contribution is 6.32. The van der Waals surface area contributed by atoms with Gasteiger partial charge >= 0.3 is 0 Å².